The Morgan fingerprint density at radius 2 is 0.800 bits per heavy atom. The molecule has 11 aromatic carbocycles. The maximum Gasteiger partial charge on any atom is 0.147 e. The van der Waals surface area contributed by atoms with E-state index < -0.39 is 5.41 Å². The van der Waals surface area contributed by atoms with Crippen molar-refractivity contribution in [1.29, 1.82) is 0 Å². The molecule has 0 bridgehead atoms. The maximum absolute atomic E-state index is 15.9. The van der Waals surface area contributed by atoms with Crippen molar-refractivity contribution in [3.05, 3.63) is 277 Å². The van der Waals surface area contributed by atoms with Gasteiger partial charge in [0.15, 0.2) is 0 Å². The molecule has 0 amide bonds. The van der Waals surface area contributed by atoms with Gasteiger partial charge in [-0.2, -0.15) is 0 Å². The molecule has 308 valence electrons. The number of anilines is 6. The van der Waals surface area contributed by atoms with E-state index in [0.717, 1.165) is 66.2 Å². The largest absolute Gasteiger partial charge is 0.308 e. The van der Waals surface area contributed by atoms with E-state index >= 15 is 8.78 Å². The first kappa shape index (κ1) is 38.3. The van der Waals surface area contributed by atoms with Crippen molar-refractivity contribution in [2.24, 2.45) is 0 Å². The van der Waals surface area contributed by atoms with Gasteiger partial charge in [-0.3, -0.25) is 0 Å². The molecular formula is C61H40F2N2. The second kappa shape index (κ2) is 15.5. The Kier molecular flexibility index (Phi) is 9.13. The highest BCUT2D eigenvalue weighted by atomic mass is 19.1. The second-order valence-electron chi connectivity index (χ2n) is 16.7. The lowest BCUT2D eigenvalue weighted by Crippen LogP contribution is -2.29. The summed E-state index contributed by atoms with van der Waals surface area (Å²) in [7, 11) is 0. The highest BCUT2D eigenvalue weighted by Crippen LogP contribution is 2.61. The topological polar surface area (TPSA) is 6.48 Å². The summed E-state index contributed by atoms with van der Waals surface area (Å²) in [5.74, 6) is -0.593. The zero-order chi connectivity index (χ0) is 43.5. The lowest BCUT2D eigenvalue weighted by molar-refractivity contribution is 0.628. The number of para-hydroxylation sites is 4. The van der Waals surface area contributed by atoms with Gasteiger partial charge in [0, 0.05) is 22.7 Å². The number of benzene rings is 11. The van der Waals surface area contributed by atoms with Gasteiger partial charge in [0.25, 0.3) is 0 Å². The van der Waals surface area contributed by atoms with Gasteiger partial charge in [-0.1, -0.05) is 158 Å². The molecule has 11 aromatic rings. The van der Waals surface area contributed by atoms with Gasteiger partial charge >= 0.3 is 0 Å². The number of nitrogens with zero attached hydrogens (tertiary/aromatic N) is 2. The minimum atomic E-state index is -0.753. The lowest BCUT2D eigenvalue weighted by atomic mass is 9.66. The second-order valence-corrected chi connectivity index (χ2v) is 16.7. The number of rotatable bonds is 8. The SMILES string of the molecule is Fc1ccccc1N(c1ccccc1)c1ccc2cc3c(cc2c1)C(c1ccccc1)(c1ccccc1)c1c-3c2ccccc2c2cc(N(c3ccccc3)c3ccccc3F)ccc12. The Bertz CT molecular complexity index is 3530. The Hall–Kier alpha value is -8.34. The summed E-state index contributed by atoms with van der Waals surface area (Å²) in [6, 6.07) is 82.2. The van der Waals surface area contributed by atoms with Crippen molar-refractivity contribution in [1.82, 2.24) is 0 Å². The minimum Gasteiger partial charge on any atom is -0.308 e. The predicted molar refractivity (Wildman–Crippen MR) is 266 cm³/mol. The fourth-order valence-corrected chi connectivity index (χ4v) is 10.5. The van der Waals surface area contributed by atoms with E-state index in [2.05, 4.69) is 133 Å². The first-order valence-electron chi connectivity index (χ1n) is 22.0. The first-order valence-corrected chi connectivity index (χ1v) is 22.0. The molecule has 0 radical (unpaired) electrons. The smallest absolute Gasteiger partial charge is 0.147 e. The molecule has 0 saturated carbocycles. The van der Waals surface area contributed by atoms with Gasteiger partial charge in [-0.25, -0.2) is 8.78 Å². The van der Waals surface area contributed by atoms with Crippen LogP contribution in [-0.2, 0) is 5.41 Å². The molecule has 4 heteroatoms. The summed E-state index contributed by atoms with van der Waals surface area (Å²) >= 11 is 0. The van der Waals surface area contributed by atoms with E-state index in [1.54, 1.807) is 12.1 Å². The molecule has 0 aromatic heterocycles. The quantitative estimate of drug-likeness (QED) is 0.141. The van der Waals surface area contributed by atoms with Crippen molar-refractivity contribution in [3.8, 4) is 11.1 Å². The van der Waals surface area contributed by atoms with Crippen molar-refractivity contribution < 1.29 is 8.78 Å². The summed E-state index contributed by atoms with van der Waals surface area (Å²) in [6.07, 6.45) is 0. The summed E-state index contributed by atoms with van der Waals surface area (Å²) in [6.45, 7) is 0. The van der Waals surface area contributed by atoms with Crippen LogP contribution < -0.4 is 9.80 Å². The molecule has 0 unspecified atom stereocenters. The highest BCUT2D eigenvalue weighted by Gasteiger charge is 2.48. The molecule has 1 aliphatic carbocycles. The Labute approximate surface area is 376 Å². The molecule has 0 saturated heterocycles. The number of hydrogen-bond donors (Lipinski definition) is 0. The van der Waals surface area contributed by atoms with E-state index in [4.69, 9.17) is 0 Å². The van der Waals surface area contributed by atoms with Gasteiger partial charge in [0.05, 0.1) is 16.8 Å². The third-order valence-electron chi connectivity index (χ3n) is 13.2. The minimum absolute atomic E-state index is 0.296. The van der Waals surface area contributed by atoms with Crippen molar-refractivity contribution in [2.75, 3.05) is 9.80 Å². The van der Waals surface area contributed by atoms with E-state index in [1.165, 1.54) is 34.4 Å². The lowest BCUT2D eigenvalue weighted by Gasteiger charge is -2.35. The third-order valence-corrected chi connectivity index (χ3v) is 13.2. The average molecular weight is 839 g/mol. The van der Waals surface area contributed by atoms with Crippen LogP contribution in [0.2, 0.25) is 0 Å². The van der Waals surface area contributed by atoms with Gasteiger partial charge in [0.1, 0.15) is 11.6 Å². The molecule has 0 atom stereocenters. The van der Waals surface area contributed by atoms with Crippen LogP contribution in [0, 0.1) is 11.6 Å². The molecule has 0 heterocycles. The van der Waals surface area contributed by atoms with Crippen LogP contribution >= 0.6 is 0 Å². The van der Waals surface area contributed by atoms with Crippen LogP contribution in [0.3, 0.4) is 0 Å². The summed E-state index contributed by atoms with van der Waals surface area (Å²) in [5, 5.41) is 6.58. The molecule has 65 heavy (non-hydrogen) atoms. The van der Waals surface area contributed by atoms with Crippen LogP contribution in [0.4, 0.5) is 42.9 Å². The van der Waals surface area contributed by atoms with Gasteiger partial charge in [-0.15, -0.1) is 0 Å². The number of fused-ring (bicyclic) bond motifs is 9. The average Bonchev–Trinajstić information content (AvgIpc) is 3.66. The van der Waals surface area contributed by atoms with E-state index in [9.17, 15) is 0 Å². The van der Waals surface area contributed by atoms with Crippen molar-refractivity contribution in [2.45, 2.75) is 5.41 Å². The standard InChI is InChI=1S/C61H40F2N2/c62-55-29-15-17-31-57(55)64(45-23-9-3-10-24-45)47-34-33-41-38-53-54(39-42(41)37-47)61(43-19-5-1-6-20-43,44-21-7-2-8-22-44)60-51-36-35-48(40-52(51)49-27-13-14-28-50(49)59(53)60)65(46-25-11-4-12-26-46)58-32-18-16-30-56(58)63/h1-40H. The van der Waals surface area contributed by atoms with Crippen LogP contribution in [0.15, 0.2) is 243 Å². The molecule has 2 nitrogen and oxygen atoms in total. The summed E-state index contributed by atoms with van der Waals surface area (Å²) < 4.78 is 31.7. The van der Waals surface area contributed by atoms with Crippen LogP contribution in [-0.4, -0.2) is 0 Å². The van der Waals surface area contributed by atoms with Crippen LogP contribution in [0.1, 0.15) is 22.3 Å². The van der Waals surface area contributed by atoms with Gasteiger partial charge in [0.2, 0.25) is 0 Å². The predicted octanol–water partition coefficient (Wildman–Crippen LogP) is 16.7. The number of hydrogen-bond acceptors (Lipinski definition) is 2. The monoisotopic (exact) mass is 838 g/mol. The normalized spacial score (nSPS) is 12.6. The van der Waals surface area contributed by atoms with Crippen molar-refractivity contribution in [3.63, 3.8) is 0 Å². The van der Waals surface area contributed by atoms with E-state index in [-0.39, 0.29) is 11.6 Å². The van der Waals surface area contributed by atoms with E-state index in [0.29, 0.717) is 11.4 Å². The Morgan fingerprint density at radius 3 is 1.37 bits per heavy atom. The molecule has 1 aliphatic rings. The molecule has 0 fully saturated rings. The molecule has 12 rings (SSSR count). The van der Waals surface area contributed by atoms with Gasteiger partial charge in [-0.05, 0) is 151 Å². The highest BCUT2D eigenvalue weighted by molar-refractivity contribution is 6.20. The van der Waals surface area contributed by atoms with Crippen LogP contribution in [0.5, 0.6) is 0 Å². The third kappa shape index (κ3) is 6.06. The summed E-state index contributed by atoms with van der Waals surface area (Å²) in [4.78, 5) is 4.01. The Morgan fingerprint density at radius 1 is 0.323 bits per heavy atom. The molecule has 0 N–H and O–H groups in total. The summed E-state index contributed by atoms with van der Waals surface area (Å²) in [5.41, 5.74) is 10.7. The van der Waals surface area contributed by atoms with E-state index in [1.807, 2.05) is 94.7 Å². The zero-order valence-corrected chi connectivity index (χ0v) is 35.2. The molecule has 0 aliphatic heterocycles. The van der Waals surface area contributed by atoms with Crippen LogP contribution in [0.25, 0.3) is 43.4 Å². The van der Waals surface area contributed by atoms with Gasteiger partial charge < -0.3 is 9.80 Å². The fourth-order valence-electron chi connectivity index (χ4n) is 10.5. The molecule has 0 spiro atoms. The number of halogens is 2. The Balaban J connectivity index is 1.18. The van der Waals surface area contributed by atoms with Crippen molar-refractivity contribution >= 4 is 66.4 Å². The molecular weight excluding hydrogens is 799 g/mol. The zero-order valence-electron chi connectivity index (χ0n) is 35.2. The fraction of sp³-hybridized carbons (Fsp3) is 0.0164. The first-order chi connectivity index (χ1) is 32.1. The maximum atomic E-state index is 15.9.